The number of rotatable bonds is 5. The molecule has 0 aliphatic carbocycles. The van der Waals surface area contributed by atoms with Gasteiger partial charge in [-0.3, -0.25) is 0 Å². The van der Waals surface area contributed by atoms with Crippen LogP contribution in [0.4, 0.5) is 0 Å². The van der Waals surface area contributed by atoms with Gasteiger partial charge in [0.25, 0.3) is 0 Å². The van der Waals surface area contributed by atoms with Crippen molar-refractivity contribution in [3.05, 3.63) is 182 Å². The van der Waals surface area contributed by atoms with Crippen LogP contribution in [0.15, 0.2) is 182 Å². The Morgan fingerprint density at radius 3 is 0.977 bits per heavy atom. The molecule has 0 saturated heterocycles. The second kappa shape index (κ2) is 11.2. The number of fused-ring (bicyclic) bond motifs is 2. The Balaban J connectivity index is 1.19. The van der Waals surface area contributed by atoms with Crippen LogP contribution in [0.3, 0.4) is 0 Å². The minimum atomic E-state index is 1.21. The first-order chi connectivity index (χ1) is 21.8. The van der Waals surface area contributed by atoms with Gasteiger partial charge in [-0.15, -0.1) is 0 Å². The Morgan fingerprint density at radius 2 is 0.455 bits per heavy atom. The molecule has 0 amide bonds. The summed E-state index contributed by atoms with van der Waals surface area (Å²) in [7, 11) is 0. The Morgan fingerprint density at radius 1 is 0.159 bits per heavy atom. The van der Waals surface area contributed by atoms with Gasteiger partial charge in [0.15, 0.2) is 0 Å². The lowest BCUT2D eigenvalue weighted by Gasteiger charge is -2.13. The van der Waals surface area contributed by atoms with Crippen molar-refractivity contribution < 1.29 is 0 Å². The van der Waals surface area contributed by atoms with Crippen LogP contribution < -0.4 is 0 Å². The van der Waals surface area contributed by atoms with Crippen molar-refractivity contribution in [2.24, 2.45) is 0 Å². The van der Waals surface area contributed by atoms with Crippen LogP contribution in [0, 0.1) is 0 Å². The fourth-order valence-electron chi connectivity index (χ4n) is 6.22. The zero-order valence-electron chi connectivity index (χ0n) is 24.3. The highest BCUT2D eigenvalue weighted by Crippen LogP contribution is 2.36. The average molecular weight is 559 g/mol. The number of hydrogen-bond donors (Lipinski definition) is 0. The Labute approximate surface area is 258 Å². The summed E-state index contributed by atoms with van der Waals surface area (Å²) in [6.45, 7) is 0. The van der Waals surface area contributed by atoms with Gasteiger partial charge in [-0.2, -0.15) is 0 Å². The fourth-order valence-corrected chi connectivity index (χ4v) is 6.22. The van der Waals surface area contributed by atoms with E-state index in [4.69, 9.17) is 0 Å². The van der Waals surface area contributed by atoms with Crippen LogP contribution in [0.2, 0.25) is 0 Å². The normalized spacial score (nSPS) is 11.2. The molecular formula is C44H30. The third-order valence-corrected chi connectivity index (χ3v) is 8.62. The van der Waals surface area contributed by atoms with Crippen molar-refractivity contribution in [3.63, 3.8) is 0 Å². The molecule has 0 aliphatic rings. The van der Waals surface area contributed by atoms with Gasteiger partial charge in [0.2, 0.25) is 0 Å². The first kappa shape index (κ1) is 25.9. The lowest BCUT2D eigenvalue weighted by molar-refractivity contribution is 1.57. The van der Waals surface area contributed by atoms with E-state index in [2.05, 4.69) is 182 Å². The average Bonchev–Trinajstić information content (AvgIpc) is 3.11. The largest absolute Gasteiger partial charge is 0.0622 e. The Kier molecular flexibility index (Phi) is 6.59. The zero-order valence-corrected chi connectivity index (χ0v) is 24.3. The van der Waals surface area contributed by atoms with E-state index in [1.807, 2.05) is 0 Å². The number of benzene rings is 8. The molecule has 0 heteroatoms. The summed E-state index contributed by atoms with van der Waals surface area (Å²) in [5.74, 6) is 0. The standard InChI is InChI=1S/C44H30/c1-3-9-31(10-4-1)37-21-22-40-27-41(24-23-39(40)26-37)44-29-42(32-11-5-2-6-12-32)28-43(30-44)35-17-15-34(16-18-35)38-20-19-33-13-7-8-14-36(33)25-38/h1-30H. The van der Waals surface area contributed by atoms with Crippen LogP contribution in [0.1, 0.15) is 0 Å². The summed E-state index contributed by atoms with van der Waals surface area (Å²) in [5, 5.41) is 5.02. The first-order valence-electron chi connectivity index (χ1n) is 15.2. The summed E-state index contributed by atoms with van der Waals surface area (Å²) < 4.78 is 0. The quantitative estimate of drug-likeness (QED) is 0.197. The van der Waals surface area contributed by atoms with E-state index in [1.54, 1.807) is 0 Å². The second-order valence-corrected chi connectivity index (χ2v) is 11.4. The second-order valence-electron chi connectivity index (χ2n) is 11.4. The minimum Gasteiger partial charge on any atom is -0.0622 e. The molecule has 0 fully saturated rings. The molecule has 0 atom stereocenters. The lowest BCUT2D eigenvalue weighted by atomic mass is 9.91. The van der Waals surface area contributed by atoms with Crippen molar-refractivity contribution in [2.75, 3.05) is 0 Å². The summed E-state index contributed by atoms with van der Waals surface area (Å²) in [6.07, 6.45) is 0. The Hall–Kier alpha value is -5.72. The van der Waals surface area contributed by atoms with Gasteiger partial charge in [0.05, 0.1) is 0 Å². The third kappa shape index (κ3) is 5.08. The van der Waals surface area contributed by atoms with Gasteiger partial charge in [-0.1, -0.05) is 146 Å². The molecule has 0 spiro atoms. The Bertz CT molecular complexity index is 2240. The predicted octanol–water partition coefficient (Wildman–Crippen LogP) is 12.3. The molecule has 0 nitrogen and oxygen atoms in total. The molecule has 0 saturated carbocycles. The molecule has 0 N–H and O–H groups in total. The van der Waals surface area contributed by atoms with E-state index in [1.165, 1.54) is 77.2 Å². The minimum absolute atomic E-state index is 1.21. The molecule has 8 aromatic carbocycles. The maximum atomic E-state index is 2.33. The molecule has 44 heavy (non-hydrogen) atoms. The molecular weight excluding hydrogens is 528 g/mol. The highest BCUT2D eigenvalue weighted by atomic mass is 14.1. The molecule has 206 valence electrons. The van der Waals surface area contributed by atoms with E-state index in [9.17, 15) is 0 Å². The van der Waals surface area contributed by atoms with Gasteiger partial charge in [-0.25, -0.2) is 0 Å². The molecule has 8 aromatic rings. The summed E-state index contributed by atoms with van der Waals surface area (Å²) in [4.78, 5) is 0. The summed E-state index contributed by atoms with van der Waals surface area (Å²) in [5.41, 5.74) is 12.2. The van der Waals surface area contributed by atoms with Gasteiger partial charge < -0.3 is 0 Å². The molecule has 0 heterocycles. The van der Waals surface area contributed by atoms with E-state index in [-0.39, 0.29) is 0 Å². The third-order valence-electron chi connectivity index (χ3n) is 8.62. The molecule has 0 radical (unpaired) electrons. The molecule has 0 bridgehead atoms. The van der Waals surface area contributed by atoms with E-state index >= 15 is 0 Å². The maximum absolute atomic E-state index is 2.33. The lowest BCUT2D eigenvalue weighted by Crippen LogP contribution is -1.87. The molecule has 8 rings (SSSR count). The molecule has 0 aromatic heterocycles. The van der Waals surface area contributed by atoms with Crippen molar-refractivity contribution in [1.29, 1.82) is 0 Å². The summed E-state index contributed by atoms with van der Waals surface area (Å²) in [6, 6.07) is 66.1. The first-order valence-corrected chi connectivity index (χ1v) is 15.2. The van der Waals surface area contributed by atoms with Crippen LogP contribution in [-0.2, 0) is 0 Å². The van der Waals surface area contributed by atoms with Crippen LogP contribution in [0.25, 0.3) is 77.2 Å². The van der Waals surface area contributed by atoms with Gasteiger partial charge in [0.1, 0.15) is 0 Å². The smallest absolute Gasteiger partial charge is 0.0171 e. The zero-order chi connectivity index (χ0) is 29.3. The molecule has 0 unspecified atom stereocenters. The topological polar surface area (TPSA) is 0 Å². The number of hydrogen-bond acceptors (Lipinski definition) is 0. The van der Waals surface area contributed by atoms with Crippen LogP contribution in [0.5, 0.6) is 0 Å². The fraction of sp³-hybridized carbons (Fsp3) is 0. The van der Waals surface area contributed by atoms with E-state index in [0.29, 0.717) is 0 Å². The van der Waals surface area contributed by atoms with E-state index in [0.717, 1.165) is 0 Å². The van der Waals surface area contributed by atoms with Crippen molar-refractivity contribution in [2.45, 2.75) is 0 Å². The molecule has 0 aliphatic heterocycles. The monoisotopic (exact) mass is 558 g/mol. The SMILES string of the molecule is c1ccc(-c2cc(-c3ccc(-c4ccc5ccccc5c4)cc3)cc(-c3ccc4cc(-c5ccccc5)ccc4c3)c2)cc1. The highest BCUT2D eigenvalue weighted by Gasteiger charge is 2.10. The summed E-state index contributed by atoms with van der Waals surface area (Å²) >= 11 is 0. The predicted molar refractivity (Wildman–Crippen MR) is 189 cm³/mol. The van der Waals surface area contributed by atoms with Gasteiger partial charge >= 0.3 is 0 Å². The van der Waals surface area contributed by atoms with Gasteiger partial charge in [-0.05, 0) is 114 Å². The highest BCUT2D eigenvalue weighted by molar-refractivity contribution is 5.92. The van der Waals surface area contributed by atoms with Crippen molar-refractivity contribution in [1.82, 2.24) is 0 Å². The van der Waals surface area contributed by atoms with Crippen molar-refractivity contribution in [3.8, 4) is 55.6 Å². The van der Waals surface area contributed by atoms with Crippen molar-refractivity contribution >= 4 is 21.5 Å². The maximum Gasteiger partial charge on any atom is -0.0171 e. The van der Waals surface area contributed by atoms with Crippen LogP contribution in [-0.4, -0.2) is 0 Å². The van der Waals surface area contributed by atoms with Crippen LogP contribution >= 0.6 is 0 Å². The van der Waals surface area contributed by atoms with Gasteiger partial charge in [0, 0.05) is 0 Å². The van der Waals surface area contributed by atoms with E-state index < -0.39 is 0 Å².